The number of methoxy groups -OCH3 is 2. The average molecular weight is 268 g/mol. The molecule has 0 bridgehead atoms. The zero-order valence-corrected chi connectivity index (χ0v) is 11.9. The second-order valence-electron chi connectivity index (χ2n) is 3.80. The third-order valence-electron chi connectivity index (χ3n) is 2.44. The van der Waals surface area contributed by atoms with Crippen molar-refractivity contribution in [3.05, 3.63) is 23.8 Å². The van der Waals surface area contributed by atoms with Gasteiger partial charge in [0, 0.05) is 13.1 Å². The van der Waals surface area contributed by atoms with Crippen molar-refractivity contribution in [2.45, 2.75) is 19.9 Å². The van der Waals surface area contributed by atoms with E-state index in [0.29, 0.717) is 11.7 Å². The molecular formula is C13H20N2O2S. The smallest absolute Gasteiger partial charge is 0.166 e. The van der Waals surface area contributed by atoms with Crippen LogP contribution < -0.4 is 20.1 Å². The van der Waals surface area contributed by atoms with Gasteiger partial charge in [0.15, 0.2) is 16.6 Å². The summed E-state index contributed by atoms with van der Waals surface area (Å²) < 4.78 is 10.4. The van der Waals surface area contributed by atoms with Crippen molar-refractivity contribution in [1.29, 1.82) is 0 Å². The average Bonchev–Trinajstić information content (AvgIpc) is 2.42. The molecule has 0 aromatic heterocycles. The number of benzene rings is 1. The molecule has 0 aliphatic rings. The zero-order chi connectivity index (χ0) is 13.4. The fraction of sp³-hybridized carbons (Fsp3) is 0.462. The van der Waals surface area contributed by atoms with E-state index in [0.717, 1.165) is 30.0 Å². The van der Waals surface area contributed by atoms with Crippen LogP contribution in [-0.4, -0.2) is 25.9 Å². The fourth-order valence-corrected chi connectivity index (χ4v) is 1.65. The third-order valence-corrected chi connectivity index (χ3v) is 2.73. The SMILES string of the molecule is CCCNC(=S)NCc1ccc(OC)c(OC)c1. The van der Waals surface area contributed by atoms with Crippen molar-refractivity contribution < 1.29 is 9.47 Å². The van der Waals surface area contributed by atoms with Crippen LogP contribution in [0.4, 0.5) is 0 Å². The Labute approximate surface area is 114 Å². The number of rotatable bonds is 6. The first-order valence-corrected chi connectivity index (χ1v) is 6.34. The lowest BCUT2D eigenvalue weighted by molar-refractivity contribution is 0.354. The van der Waals surface area contributed by atoms with Crippen LogP contribution in [0.1, 0.15) is 18.9 Å². The predicted octanol–water partition coefficient (Wildman–Crippen LogP) is 2.08. The molecule has 1 aromatic carbocycles. The van der Waals surface area contributed by atoms with Gasteiger partial charge in [-0.15, -0.1) is 0 Å². The molecule has 0 aliphatic heterocycles. The quantitative estimate of drug-likeness (QED) is 0.773. The summed E-state index contributed by atoms with van der Waals surface area (Å²) in [5.41, 5.74) is 1.09. The first-order chi connectivity index (χ1) is 8.71. The third kappa shape index (κ3) is 4.41. The van der Waals surface area contributed by atoms with Gasteiger partial charge >= 0.3 is 0 Å². The van der Waals surface area contributed by atoms with E-state index >= 15 is 0 Å². The van der Waals surface area contributed by atoms with Crippen molar-refractivity contribution in [2.75, 3.05) is 20.8 Å². The Morgan fingerprint density at radius 3 is 2.50 bits per heavy atom. The highest BCUT2D eigenvalue weighted by atomic mass is 32.1. The molecule has 2 N–H and O–H groups in total. The summed E-state index contributed by atoms with van der Waals surface area (Å²) in [6, 6.07) is 5.81. The molecule has 18 heavy (non-hydrogen) atoms. The van der Waals surface area contributed by atoms with Gasteiger partial charge in [-0.05, 0) is 36.3 Å². The summed E-state index contributed by atoms with van der Waals surface area (Å²) in [5.74, 6) is 1.46. The van der Waals surface area contributed by atoms with Crippen molar-refractivity contribution in [3.63, 3.8) is 0 Å². The van der Waals surface area contributed by atoms with Crippen LogP contribution in [0.15, 0.2) is 18.2 Å². The molecule has 0 amide bonds. The number of hydrogen-bond acceptors (Lipinski definition) is 3. The lowest BCUT2D eigenvalue weighted by atomic mass is 10.2. The number of ether oxygens (including phenoxy) is 2. The topological polar surface area (TPSA) is 42.5 Å². The summed E-state index contributed by atoms with van der Waals surface area (Å²) >= 11 is 5.15. The van der Waals surface area contributed by atoms with Gasteiger partial charge in [-0.2, -0.15) is 0 Å². The van der Waals surface area contributed by atoms with E-state index in [-0.39, 0.29) is 0 Å². The van der Waals surface area contributed by atoms with Crippen molar-refractivity contribution in [2.24, 2.45) is 0 Å². The summed E-state index contributed by atoms with van der Waals surface area (Å²) in [6.45, 7) is 3.65. The minimum Gasteiger partial charge on any atom is -0.493 e. The highest BCUT2D eigenvalue weighted by molar-refractivity contribution is 7.80. The maximum absolute atomic E-state index is 5.25. The molecule has 0 atom stereocenters. The summed E-state index contributed by atoms with van der Waals surface area (Å²) in [5, 5.41) is 6.94. The molecule has 0 spiro atoms. The molecule has 0 aliphatic carbocycles. The zero-order valence-electron chi connectivity index (χ0n) is 11.1. The molecule has 0 saturated heterocycles. The lowest BCUT2D eigenvalue weighted by Crippen LogP contribution is -2.35. The van der Waals surface area contributed by atoms with E-state index in [9.17, 15) is 0 Å². The van der Waals surface area contributed by atoms with Crippen molar-refractivity contribution >= 4 is 17.3 Å². The van der Waals surface area contributed by atoms with Crippen LogP contribution in [0.5, 0.6) is 11.5 Å². The van der Waals surface area contributed by atoms with E-state index in [4.69, 9.17) is 21.7 Å². The molecule has 0 unspecified atom stereocenters. The van der Waals surface area contributed by atoms with E-state index in [1.54, 1.807) is 14.2 Å². The molecular weight excluding hydrogens is 248 g/mol. The molecule has 1 rings (SSSR count). The van der Waals surface area contributed by atoms with Gasteiger partial charge in [0.1, 0.15) is 0 Å². The number of nitrogens with one attached hydrogen (secondary N) is 2. The Balaban J connectivity index is 2.55. The van der Waals surface area contributed by atoms with E-state index in [2.05, 4.69) is 17.6 Å². The van der Waals surface area contributed by atoms with Gasteiger partial charge < -0.3 is 20.1 Å². The van der Waals surface area contributed by atoms with E-state index in [1.165, 1.54) is 0 Å². The Bertz CT molecular complexity index is 397. The van der Waals surface area contributed by atoms with Gasteiger partial charge in [-0.1, -0.05) is 13.0 Å². The second kappa shape index (κ2) is 7.76. The lowest BCUT2D eigenvalue weighted by Gasteiger charge is -2.12. The van der Waals surface area contributed by atoms with E-state index < -0.39 is 0 Å². The van der Waals surface area contributed by atoms with Gasteiger partial charge in [0.25, 0.3) is 0 Å². The maximum atomic E-state index is 5.25. The van der Waals surface area contributed by atoms with Gasteiger partial charge in [-0.25, -0.2) is 0 Å². The Morgan fingerprint density at radius 1 is 1.17 bits per heavy atom. The Hall–Kier alpha value is -1.49. The van der Waals surface area contributed by atoms with Crippen LogP contribution in [0.3, 0.4) is 0 Å². The maximum Gasteiger partial charge on any atom is 0.166 e. The highest BCUT2D eigenvalue weighted by Crippen LogP contribution is 2.27. The van der Waals surface area contributed by atoms with Crippen LogP contribution in [0, 0.1) is 0 Å². The molecule has 0 radical (unpaired) electrons. The molecule has 0 heterocycles. The summed E-state index contributed by atoms with van der Waals surface area (Å²) in [6.07, 6.45) is 1.05. The van der Waals surface area contributed by atoms with Crippen LogP contribution in [0.25, 0.3) is 0 Å². The number of hydrogen-bond donors (Lipinski definition) is 2. The largest absolute Gasteiger partial charge is 0.493 e. The van der Waals surface area contributed by atoms with Gasteiger partial charge in [-0.3, -0.25) is 0 Å². The summed E-state index contributed by atoms with van der Waals surface area (Å²) in [7, 11) is 3.25. The standard InChI is InChI=1S/C13H20N2O2S/c1-4-7-14-13(18)15-9-10-5-6-11(16-2)12(8-10)17-3/h5-6,8H,4,7,9H2,1-3H3,(H2,14,15,18). The molecule has 100 valence electrons. The minimum absolute atomic E-state index is 0.663. The second-order valence-corrected chi connectivity index (χ2v) is 4.21. The first kappa shape index (κ1) is 14.6. The summed E-state index contributed by atoms with van der Waals surface area (Å²) in [4.78, 5) is 0. The van der Waals surface area contributed by atoms with Crippen LogP contribution in [0.2, 0.25) is 0 Å². The molecule has 0 saturated carbocycles. The Morgan fingerprint density at radius 2 is 1.89 bits per heavy atom. The van der Waals surface area contributed by atoms with E-state index in [1.807, 2.05) is 18.2 Å². The minimum atomic E-state index is 0.663. The molecule has 1 aromatic rings. The van der Waals surface area contributed by atoms with Crippen molar-refractivity contribution in [3.8, 4) is 11.5 Å². The highest BCUT2D eigenvalue weighted by Gasteiger charge is 2.04. The normalized spacial score (nSPS) is 9.72. The molecule has 5 heteroatoms. The van der Waals surface area contributed by atoms with Gasteiger partial charge in [0.05, 0.1) is 14.2 Å². The Kier molecular flexibility index (Phi) is 6.28. The molecule has 4 nitrogen and oxygen atoms in total. The molecule has 0 fully saturated rings. The van der Waals surface area contributed by atoms with Crippen LogP contribution >= 0.6 is 12.2 Å². The predicted molar refractivity (Wildman–Crippen MR) is 77.3 cm³/mol. The van der Waals surface area contributed by atoms with Gasteiger partial charge in [0.2, 0.25) is 0 Å². The first-order valence-electron chi connectivity index (χ1n) is 5.93. The monoisotopic (exact) mass is 268 g/mol. The number of thiocarbonyl (C=S) groups is 1. The fourth-order valence-electron chi connectivity index (χ4n) is 1.47. The van der Waals surface area contributed by atoms with Crippen LogP contribution in [-0.2, 0) is 6.54 Å². The van der Waals surface area contributed by atoms with Crippen molar-refractivity contribution in [1.82, 2.24) is 10.6 Å².